The van der Waals surface area contributed by atoms with Crippen molar-refractivity contribution in [3.05, 3.63) is 65.2 Å². The van der Waals surface area contributed by atoms with Crippen LogP contribution in [0.2, 0.25) is 0 Å². The molecule has 96 valence electrons. The summed E-state index contributed by atoms with van der Waals surface area (Å²) in [5.41, 5.74) is 2.00. The molecule has 0 aliphatic carbocycles. The van der Waals surface area contributed by atoms with Crippen LogP contribution in [0.25, 0.3) is 0 Å². The zero-order chi connectivity index (χ0) is 13.8. The first-order valence-electron chi connectivity index (χ1n) is 5.78. The van der Waals surface area contributed by atoms with Crippen LogP contribution in [0.3, 0.4) is 0 Å². The number of nitrogens with one attached hydrogen (secondary N) is 1. The molecule has 0 unspecified atom stereocenters. The molecule has 0 saturated heterocycles. The summed E-state index contributed by atoms with van der Waals surface area (Å²) in [7, 11) is 0. The molecule has 0 aliphatic rings. The van der Waals surface area contributed by atoms with E-state index >= 15 is 0 Å². The first kappa shape index (κ1) is 12.8. The van der Waals surface area contributed by atoms with Gasteiger partial charge in [-0.1, -0.05) is 24.3 Å². The van der Waals surface area contributed by atoms with Crippen molar-refractivity contribution in [1.82, 2.24) is 0 Å². The predicted molar refractivity (Wildman–Crippen MR) is 72.5 cm³/mol. The fraction of sp³-hybridized carbons (Fsp3) is 0.0667. The Morgan fingerprint density at radius 2 is 1.68 bits per heavy atom. The van der Waals surface area contributed by atoms with E-state index in [1.54, 1.807) is 30.3 Å². The topological polar surface area (TPSA) is 66.4 Å². The summed E-state index contributed by atoms with van der Waals surface area (Å²) < 4.78 is 0. The lowest BCUT2D eigenvalue weighted by atomic mass is 10.1. The zero-order valence-electron chi connectivity index (χ0n) is 10.4. The molecule has 0 fully saturated rings. The van der Waals surface area contributed by atoms with Crippen LogP contribution < -0.4 is 5.32 Å². The minimum absolute atomic E-state index is 0.147. The van der Waals surface area contributed by atoms with E-state index in [2.05, 4.69) is 5.32 Å². The molecule has 2 rings (SSSR count). The molecule has 2 aromatic carbocycles. The smallest absolute Gasteiger partial charge is 0.335 e. The van der Waals surface area contributed by atoms with E-state index in [0.29, 0.717) is 11.3 Å². The second-order valence-corrected chi connectivity index (χ2v) is 4.16. The molecule has 0 heterocycles. The first-order valence-corrected chi connectivity index (χ1v) is 5.78. The predicted octanol–water partition coefficient (Wildman–Crippen LogP) is 2.95. The van der Waals surface area contributed by atoms with Crippen molar-refractivity contribution >= 4 is 17.6 Å². The highest BCUT2D eigenvalue weighted by Gasteiger charge is 2.10. The van der Waals surface area contributed by atoms with Gasteiger partial charge in [0.05, 0.1) is 5.56 Å². The van der Waals surface area contributed by atoms with Gasteiger partial charge in [-0.15, -0.1) is 0 Å². The van der Waals surface area contributed by atoms with Crippen LogP contribution >= 0.6 is 0 Å². The van der Waals surface area contributed by atoms with E-state index in [1.165, 1.54) is 12.1 Å². The van der Waals surface area contributed by atoms with Crippen LogP contribution in [0.5, 0.6) is 0 Å². The summed E-state index contributed by atoms with van der Waals surface area (Å²) in [6.45, 7) is 1.81. The highest BCUT2D eigenvalue weighted by molar-refractivity contribution is 6.05. The quantitative estimate of drug-likeness (QED) is 0.886. The monoisotopic (exact) mass is 255 g/mol. The summed E-state index contributed by atoms with van der Waals surface area (Å²) in [4.78, 5) is 22.9. The van der Waals surface area contributed by atoms with Gasteiger partial charge in [0.1, 0.15) is 0 Å². The number of carboxylic acids is 1. The number of aryl methyl sites for hydroxylation is 1. The van der Waals surface area contributed by atoms with Gasteiger partial charge in [0.15, 0.2) is 0 Å². The third-order valence-electron chi connectivity index (χ3n) is 2.77. The van der Waals surface area contributed by atoms with Crippen molar-refractivity contribution in [3.8, 4) is 0 Å². The van der Waals surface area contributed by atoms with Gasteiger partial charge in [0.25, 0.3) is 5.91 Å². The summed E-state index contributed by atoms with van der Waals surface area (Å²) in [6.07, 6.45) is 0. The number of carbonyl (C=O) groups is 2. The Balaban J connectivity index is 2.26. The number of benzene rings is 2. The van der Waals surface area contributed by atoms with Crippen LogP contribution in [-0.4, -0.2) is 17.0 Å². The Labute approximate surface area is 110 Å². The van der Waals surface area contributed by atoms with Crippen LogP contribution in [0.15, 0.2) is 48.5 Å². The van der Waals surface area contributed by atoms with Gasteiger partial charge in [-0.3, -0.25) is 4.79 Å². The summed E-state index contributed by atoms with van der Waals surface area (Å²) in [5.74, 6) is -1.28. The van der Waals surface area contributed by atoms with E-state index < -0.39 is 5.97 Å². The van der Waals surface area contributed by atoms with E-state index in [1.807, 2.05) is 13.0 Å². The summed E-state index contributed by atoms with van der Waals surface area (Å²) >= 11 is 0. The van der Waals surface area contributed by atoms with Gasteiger partial charge in [0, 0.05) is 11.3 Å². The van der Waals surface area contributed by atoms with E-state index in [9.17, 15) is 9.59 Å². The average Bonchev–Trinajstić information content (AvgIpc) is 2.42. The number of aromatic carboxylic acids is 1. The molecule has 4 nitrogen and oxygen atoms in total. The van der Waals surface area contributed by atoms with E-state index in [4.69, 9.17) is 5.11 Å². The van der Waals surface area contributed by atoms with Crippen LogP contribution in [0.4, 0.5) is 5.69 Å². The molecule has 1 amide bonds. The average molecular weight is 255 g/mol. The Morgan fingerprint density at radius 1 is 1.00 bits per heavy atom. The molecule has 0 atom stereocenters. The second-order valence-electron chi connectivity index (χ2n) is 4.16. The lowest BCUT2D eigenvalue weighted by Crippen LogP contribution is -2.13. The fourth-order valence-corrected chi connectivity index (χ4v) is 1.67. The standard InChI is InChI=1S/C15H13NO3/c1-10-7-8-12(15(18)19)9-13(10)16-14(17)11-5-3-2-4-6-11/h2-9H,1H3,(H,16,17)(H,18,19). The number of anilines is 1. The van der Waals surface area contributed by atoms with Gasteiger partial charge >= 0.3 is 5.97 Å². The molecule has 4 heteroatoms. The van der Waals surface area contributed by atoms with Gasteiger partial charge in [-0.2, -0.15) is 0 Å². The number of hydrogen-bond acceptors (Lipinski definition) is 2. The molecular weight excluding hydrogens is 242 g/mol. The number of rotatable bonds is 3. The maximum atomic E-state index is 12.0. The number of carboxylic acid groups (broad SMARTS) is 1. The Morgan fingerprint density at radius 3 is 2.32 bits per heavy atom. The van der Waals surface area contributed by atoms with Crippen LogP contribution in [0.1, 0.15) is 26.3 Å². The fourth-order valence-electron chi connectivity index (χ4n) is 1.67. The number of hydrogen-bond donors (Lipinski definition) is 2. The third-order valence-corrected chi connectivity index (χ3v) is 2.77. The van der Waals surface area contributed by atoms with Gasteiger partial charge in [0.2, 0.25) is 0 Å². The Hall–Kier alpha value is -2.62. The summed E-state index contributed by atoms with van der Waals surface area (Å²) in [6, 6.07) is 13.4. The van der Waals surface area contributed by atoms with Gasteiger partial charge < -0.3 is 10.4 Å². The lowest BCUT2D eigenvalue weighted by molar-refractivity contribution is 0.0696. The van der Waals surface area contributed by atoms with Crippen molar-refractivity contribution in [1.29, 1.82) is 0 Å². The highest BCUT2D eigenvalue weighted by atomic mass is 16.4. The van der Waals surface area contributed by atoms with Gasteiger partial charge in [-0.05, 0) is 36.8 Å². The highest BCUT2D eigenvalue weighted by Crippen LogP contribution is 2.18. The molecule has 0 aromatic heterocycles. The molecule has 2 aromatic rings. The zero-order valence-corrected chi connectivity index (χ0v) is 10.4. The minimum atomic E-state index is -1.02. The molecule has 0 spiro atoms. The minimum Gasteiger partial charge on any atom is -0.478 e. The van der Waals surface area contributed by atoms with Crippen LogP contribution in [0, 0.1) is 6.92 Å². The molecule has 2 N–H and O–H groups in total. The molecule has 0 aliphatic heterocycles. The van der Waals surface area contributed by atoms with E-state index in [0.717, 1.165) is 5.56 Å². The van der Waals surface area contributed by atoms with Gasteiger partial charge in [-0.25, -0.2) is 4.79 Å². The van der Waals surface area contributed by atoms with Crippen molar-refractivity contribution in [2.75, 3.05) is 5.32 Å². The molecule has 0 saturated carbocycles. The maximum Gasteiger partial charge on any atom is 0.335 e. The maximum absolute atomic E-state index is 12.0. The Kier molecular flexibility index (Phi) is 3.61. The van der Waals surface area contributed by atoms with Crippen molar-refractivity contribution in [3.63, 3.8) is 0 Å². The molecular formula is C15H13NO3. The summed E-state index contributed by atoms with van der Waals surface area (Å²) in [5, 5.41) is 11.7. The Bertz CT molecular complexity index is 621. The lowest BCUT2D eigenvalue weighted by Gasteiger charge is -2.09. The molecule has 19 heavy (non-hydrogen) atoms. The number of carbonyl (C=O) groups excluding carboxylic acids is 1. The number of amides is 1. The molecule has 0 radical (unpaired) electrons. The molecule has 0 bridgehead atoms. The second kappa shape index (κ2) is 5.35. The van der Waals surface area contributed by atoms with Crippen molar-refractivity contribution in [2.45, 2.75) is 6.92 Å². The normalized spacial score (nSPS) is 9.95. The van der Waals surface area contributed by atoms with Crippen molar-refractivity contribution < 1.29 is 14.7 Å². The van der Waals surface area contributed by atoms with Crippen molar-refractivity contribution in [2.24, 2.45) is 0 Å². The van der Waals surface area contributed by atoms with E-state index in [-0.39, 0.29) is 11.5 Å². The van der Waals surface area contributed by atoms with Crippen LogP contribution in [-0.2, 0) is 0 Å². The SMILES string of the molecule is Cc1ccc(C(=O)O)cc1NC(=O)c1ccccc1. The first-order chi connectivity index (χ1) is 9.08. The largest absolute Gasteiger partial charge is 0.478 e. The third kappa shape index (κ3) is 2.98.